The van der Waals surface area contributed by atoms with E-state index in [-0.39, 0.29) is 12.6 Å². The van der Waals surface area contributed by atoms with Gasteiger partial charge in [0.05, 0.1) is 0 Å². The van der Waals surface area contributed by atoms with Crippen molar-refractivity contribution in [3.8, 4) is 17.2 Å². The maximum atomic E-state index is 11.8. The summed E-state index contributed by atoms with van der Waals surface area (Å²) in [5.74, 6) is 2.69. The van der Waals surface area contributed by atoms with Gasteiger partial charge in [-0.25, -0.2) is 0 Å². The van der Waals surface area contributed by atoms with E-state index in [0.29, 0.717) is 37.1 Å². The van der Waals surface area contributed by atoms with Crippen LogP contribution < -0.4 is 19.5 Å². The van der Waals surface area contributed by atoms with E-state index in [0.717, 1.165) is 38.2 Å². The maximum absolute atomic E-state index is 11.8. The minimum absolute atomic E-state index is 0.0223. The zero-order chi connectivity index (χ0) is 24.3. The summed E-state index contributed by atoms with van der Waals surface area (Å²) in [6, 6.07) is 5.40. The molecule has 0 bridgehead atoms. The zero-order valence-corrected chi connectivity index (χ0v) is 21.5. The summed E-state index contributed by atoms with van der Waals surface area (Å²) < 4.78 is 21.8. The molecule has 0 saturated carbocycles. The molecule has 7 heteroatoms. The second kappa shape index (κ2) is 18.4. The molecule has 1 aromatic carbocycles. The standard InChI is InChI=1S/C17H23NO5.C5H11N.2C2H6/c19-17(4-1-13-5-7-20-8-6-13)18-12-23-14-2-3-15-16(11-14)22-10-9-21-15;1-6-4-2-3-5-6;2*1-2/h2-3,11,13H,1,4-10,12H2,(H,18,19);2-5H2,1H3;2*1-2H3. The molecule has 190 valence electrons. The fourth-order valence-corrected chi connectivity index (χ4v) is 3.65. The van der Waals surface area contributed by atoms with Crippen molar-refractivity contribution < 1.29 is 23.7 Å². The Morgan fingerprint density at radius 3 is 2.24 bits per heavy atom. The summed E-state index contributed by atoms with van der Waals surface area (Å²) in [6.07, 6.45) is 6.39. The van der Waals surface area contributed by atoms with E-state index < -0.39 is 0 Å². The molecule has 7 nitrogen and oxygen atoms in total. The van der Waals surface area contributed by atoms with Gasteiger partial charge in [0.1, 0.15) is 19.0 Å². The van der Waals surface area contributed by atoms with Gasteiger partial charge < -0.3 is 29.2 Å². The number of nitrogens with zero attached hydrogens (tertiary/aromatic N) is 1. The van der Waals surface area contributed by atoms with Gasteiger partial charge in [0.25, 0.3) is 0 Å². The molecule has 2 saturated heterocycles. The van der Waals surface area contributed by atoms with Gasteiger partial charge in [0.2, 0.25) is 5.91 Å². The number of benzene rings is 1. The normalized spacial score (nSPS) is 17.2. The lowest BCUT2D eigenvalue weighted by molar-refractivity contribution is -0.122. The number of rotatable bonds is 6. The van der Waals surface area contributed by atoms with E-state index in [1.807, 2.05) is 39.8 Å². The smallest absolute Gasteiger partial charge is 0.222 e. The number of carbonyl (C=O) groups excluding carboxylic acids is 1. The topological polar surface area (TPSA) is 69.3 Å². The fraction of sp³-hybridized carbons (Fsp3) is 0.731. The lowest BCUT2D eigenvalue weighted by Crippen LogP contribution is -2.28. The highest BCUT2D eigenvalue weighted by Gasteiger charge is 2.15. The molecule has 0 atom stereocenters. The predicted octanol–water partition coefficient (Wildman–Crippen LogP) is 4.88. The molecule has 0 aromatic heterocycles. The van der Waals surface area contributed by atoms with Crippen molar-refractivity contribution in [1.82, 2.24) is 10.2 Å². The average molecular weight is 467 g/mol. The van der Waals surface area contributed by atoms with Crippen LogP contribution in [0.5, 0.6) is 17.2 Å². The molecule has 3 heterocycles. The Morgan fingerprint density at radius 2 is 1.64 bits per heavy atom. The van der Waals surface area contributed by atoms with Crippen LogP contribution in [0.1, 0.15) is 66.2 Å². The van der Waals surface area contributed by atoms with Crippen molar-refractivity contribution >= 4 is 5.91 Å². The third kappa shape index (κ3) is 12.2. The number of amides is 1. The molecule has 2 fully saturated rings. The third-order valence-electron chi connectivity index (χ3n) is 5.47. The number of hydrogen-bond donors (Lipinski definition) is 1. The Balaban J connectivity index is 0.000000460. The molecular formula is C26H46N2O5. The van der Waals surface area contributed by atoms with E-state index in [9.17, 15) is 4.79 Å². The Hall–Kier alpha value is -1.99. The van der Waals surface area contributed by atoms with Crippen LogP contribution in [0.4, 0.5) is 0 Å². The second-order valence-corrected chi connectivity index (χ2v) is 7.80. The molecule has 4 rings (SSSR count). The number of hydrogen-bond acceptors (Lipinski definition) is 6. The van der Waals surface area contributed by atoms with E-state index in [1.54, 1.807) is 6.07 Å². The summed E-state index contributed by atoms with van der Waals surface area (Å²) in [7, 11) is 2.17. The maximum Gasteiger partial charge on any atom is 0.222 e. The number of carbonyl (C=O) groups is 1. The quantitative estimate of drug-likeness (QED) is 0.603. The number of ether oxygens (including phenoxy) is 4. The van der Waals surface area contributed by atoms with Crippen molar-refractivity contribution in [2.45, 2.75) is 66.2 Å². The van der Waals surface area contributed by atoms with E-state index >= 15 is 0 Å². The Bertz CT molecular complexity index is 629. The van der Waals surface area contributed by atoms with Gasteiger partial charge >= 0.3 is 0 Å². The molecule has 33 heavy (non-hydrogen) atoms. The molecule has 0 unspecified atom stereocenters. The fourth-order valence-electron chi connectivity index (χ4n) is 3.65. The van der Waals surface area contributed by atoms with Crippen molar-refractivity contribution in [3.63, 3.8) is 0 Å². The monoisotopic (exact) mass is 466 g/mol. The van der Waals surface area contributed by atoms with E-state index in [4.69, 9.17) is 18.9 Å². The predicted molar refractivity (Wildman–Crippen MR) is 133 cm³/mol. The van der Waals surface area contributed by atoms with E-state index in [1.165, 1.54) is 25.9 Å². The van der Waals surface area contributed by atoms with Crippen molar-refractivity contribution in [2.24, 2.45) is 5.92 Å². The summed E-state index contributed by atoms with van der Waals surface area (Å²) in [5.41, 5.74) is 0. The Kier molecular flexibility index (Phi) is 16.2. The molecule has 1 N–H and O–H groups in total. The second-order valence-electron chi connectivity index (χ2n) is 7.80. The van der Waals surface area contributed by atoms with Gasteiger partial charge in [0.15, 0.2) is 18.2 Å². The first-order chi connectivity index (χ1) is 16.2. The summed E-state index contributed by atoms with van der Waals surface area (Å²) in [5, 5.41) is 2.79. The first-order valence-electron chi connectivity index (χ1n) is 12.8. The number of fused-ring (bicyclic) bond motifs is 1. The number of likely N-dealkylation sites (tertiary alicyclic amines) is 1. The zero-order valence-electron chi connectivity index (χ0n) is 21.5. The van der Waals surface area contributed by atoms with E-state index in [2.05, 4.69) is 17.3 Å². The van der Waals surface area contributed by atoms with Crippen molar-refractivity contribution in [1.29, 1.82) is 0 Å². The molecule has 0 spiro atoms. The van der Waals surface area contributed by atoms with Crippen LogP contribution in [-0.4, -0.2) is 64.1 Å². The molecule has 3 aliphatic heterocycles. The molecule has 0 aliphatic carbocycles. The van der Waals surface area contributed by atoms with Crippen LogP contribution in [0.2, 0.25) is 0 Å². The third-order valence-corrected chi connectivity index (χ3v) is 5.47. The first-order valence-corrected chi connectivity index (χ1v) is 12.8. The van der Waals surface area contributed by atoms with Gasteiger partial charge in [-0.05, 0) is 70.3 Å². The SMILES string of the molecule is CC.CC.CN1CCCC1.O=C(CCC1CCOCC1)NCOc1ccc2c(c1)OCCO2. The van der Waals surface area contributed by atoms with Crippen LogP contribution in [0.25, 0.3) is 0 Å². The molecule has 0 radical (unpaired) electrons. The first kappa shape index (κ1) is 29.0. The van der Waals surface area contributed by atoms with Crippen LogP contribution in [0, 0.1) is 5.92 Å². The highest BCUT2D eigenvalue weighted by atomic mass is 16.6. The van der Waals surface area contributed by atoms with Gasteiger partial charge in [-0.15, -0.1) is 0 Å². The summed E-state index contributed by atoms with van der Waals surface area (Å²) in [6.45, 7) is 13.5. The van der Waals surface area contributed by atoms with Crippen LogP contribution in [0.3, 0.4) is 0 Å². The highest BCUT2D eigenvalue weighted by Crippen LogP contribution is 2.33. The van der Waals surface area contributed by atoms with Gasteiger partial charge in [0, 0.05) is 25.7 Å². The van der Waals surface area contributed by atoms with Gasteiger partial charge in [-0.2, -0.15) is 0 Å². The van der Waals surface area contributed by atoms with Crippen LogP contribution in [-0.2, 0) is 9.53 Å². The van der Waals surface area contributed by atoms with Crippen LogP contribution >= 0.6 is 0 Å². The van der Waals surface area contributed by atoms with Gasteiger partial charge in [-0.3, -0.25) is 4.79 Å². The molecule has 1 amide bonds. The Morgan fingerprint density at radius 1 is 1.00 bits per heavy atom. The molecule has 1 aromatic rings. The lowest BCUT2D eigenvalue weighted by atomic mass is 9.95. The number of nitrogens with one attached hydrogen (secondary N) is 1. The minimum Gasteiger partial charge on any atom is -0.486 e. The Labute approximate surface area is 201 Å². The van der Waals surface area contributed by atoms with Gasteiger partial charge in [-0.1, -0.05) is 27.7 Å². The molecular weight excluding hydrogens is 420 g/mol. The average Bonchev–Trinajstić information content (AvgIpc) is 3.37. The van der Waals surface area contributed by atoms with Crippen molar-refractivity contribution in [2.75, 3.05) is 53.3 Å². The molecule has 3 aliphatic rings. The van der Waals surface area contributed by atoms with Crippen molar-refractivity contribution in [3.05, 3.63) is 18.2 Å². The lowest BCUT2D eigenvalue weighted by Gasteiger charge is -2.21. The summed E-state index contributed by atoms with van der Waals surface area (Å²) >= 11 is 0. The van der Waals surface area contributed by atoms with Crippen LogP contribution in [0.15, 0.2) is 18.2 Å². The highest BCUT2D eigenvalue weighted by molar-refractivity contribution is 5.75. The summed E-state index contributed by atoms with van der Waals surface area (Å²) in [4.78, 5) is 14.2. The largest absolute Gasteiger partial charge is 0.486 e. The minimum atomic E-state index is 0.0223.